The quantitative estimate of drug-likeness (QED) is 0.239. The van der Waals surface area contributed by atoms with Crippen molar-refractivity contribution in [2.75, 3.05) is 19.5 Å². The van der Waals surface area contributed by atoms with Gasteiger partial charge in [0.05, 0.1) is 7.11 Å². The molecule has 1 saturated carbocycles. The van der Waals surface area contributed by atoms with Crippen molar-refractivity contribution in [3.8, 4) is 5.75 Å². The van der Waals surface area contributed by atoms with E-state index in [0.717, 1.165) is 46.7 Å². The van der Waals surface area contributed by atoms with E-state index in [2.05, 4.69) is 30.2 Å². The molecular formula is C28H34N2O3. The molecule has 0 radical (unpaired) electrons. The standard InChI is InChI=1S/C28H34N2O3/c1-6-7-24(29-28(33-5)30-26-17-16-25(32-4)18-20(26)3)15-8-19(2)21-9-11-22(12-10-21)27(31)23-13-14-23/h6-12,15-19,23,28-30H,1,13-14H2,2-5H3/b15-8-,24-7+. The van der Waals surface area contributed by atoms with Crippen molar-refractivity contribution in [3.63, 3.8) is 0 Å². The number of carbonyl (C=O) groups is 1. The first-order valence-electron chi connectivity index (χ1n) is 11.3. The van der Waals surface area contributed by atoms with E-state index in [-0.39, 0.29) is 17.6 Å². The van der Waals surface area contributed by atoms with Gasteiger partial charge in [-0.05, 0) is 67.2 Å². The fourth-order valence-corrected chi connectivity index (χ4v) is 3.54. The van der Waals surface area contributed by atoms with E-state index < -0.39 is 6.35 Å². The molecule has 2 atom stereocenters. The first kappa shape index (κ1) is 24.3. The highest BCUT2D eigenvalue weighted by Gasteiger charge is 2.30. The molecule has 0 saturated heterocycles. The van der Waals surface area contributed by atoms with Gasteiger partial charge in [-0.3, -0.25) is 4.79 Å². The van der Waals surface area contributed by atoms with Crippen LogP contribution in [0.25, 0.3) is 0 Å². The molecule has 2 aromatic rings. The number of allylic oxidation sites excluding steroid dienone is 4. The maximum absolute atomic E-state index is 12.2. The summed E-state index contributed by atoms with van der Waals surface area (Å²) in [6.07, 6.45) is 9.39. The van der Waals surface area contributed by atoms with Gasteiger partial charge in [0.2, 0.25) is 6.35 Å². The SMILES string of the molecule is C=C/C=C(\C=C/C(C)c1ccc(C(=O)C2CC2)cc1)NC(Nc1ccc(OC)cc1C)OC. The van der Waals surface area contributed by atoms with Crippen LogP contribution >= 0.6 is 0 Å². The first-order chi connectivity index (χ1) is 15.9. The highest BCUT2D eigenvalue weighted by molar-refractivity contribution is 5.99. The molecule has 33 heavy (non-hydrogen) atoms. The third-order valence-corrected chi connectivity index (χ3v) is 5.78. The Morgan fingerprint density at radius 3 is 2.45 bits per heavy atom. The second kappa shape index (κ2) is 11.5. The second-order valence-corrected chi connectivity index (χ2v) is 8.35. The zero-order valence-electron chi connectivity index (χ0n) is 19.9. The van der Waals surface area contributed by atoms with Gasteiger partial charge in [0, 0.05) is 30.0 Å². The fourth-order valence-electron chi connectivity index (χ4n) is 3.54. The summed E-state index contributed by atoms with van der Waals surface area (Å²) in [5.74, 6) is 1.52. The van der Waals surface area contributed by atoms with Crippen LogP contribution in [0.1, 0.15) is 47.2 Å². The Morgan fingerprint density at radius 2 is 1.88 bits per heavy atom. The minimum atomic E-state index is -0.434. The van der Waals surface area contributed by atoms with Crippen LogP contribution in [-0.2, 0) is 4.74 Å². The normalized spacial score (nSPS) is 15.7. The number of methoxy groups -OCH3 is 2. The van der Waals surface area contributed by atoms with Gasteiger partial charge >= 0.3 is 0 Å². The Kier molecular flexibility index (Phi) is 8.50. The zero-order valence-corrected chi connectivity index (χ0v) is 19.9. The highest BCUT2D eigenvalue weighted by atomic mass is 16.5. The number of hydrogen-bond acceptors (Lipinski definition) is 5. The van der Waals surface area contributed by atoms with Gasteiger partial charge in [-0.1, -0.05) is 49.9 Å². The number of benzene rings is 2. The molecular weight excluding hydrogens is 412 g/mol. The molecule has 1 aliphatic rings. The number of carbonyl (C=O) groups excluding carboxylic acids is 1. The summed E-state index contributed by atoms with van der Waals surface area (Å²) in [5, 5.41) is 6.71. The van der Waals surface area contributed by atoms with Crippen LogP contribution < -0.4 is 15.4 Å². The molecule has 1 aliphatic carbocycles. The minimum absolute atomic E-state index is 0.183. The fraction of sp³-hybridized carbons (Fsp3) is 0.321. The van der Waals surface area contributed by atoms with E-state index in [9.17, 15) is 4.79 Å². The van der Waals surface area contributed by atoms with Gasteiger partial charge in [-0.15, -0.1) is 0 Å². The van der Waals surface area contributed by atoms with Gasteiger partial charge in [0.25, 0.3) is 0 Å². The summed E-state index contributed by atoms with van der Waals surface area (Å²) >= 11 is 0. The average molecular weight is 447 g/mol. The third-order valence-electron chi connectivity index (χ3n) is 5.78. The van der Waals surface area contributed by atoms with Crippen molar-refractivity contribution in [1.82, 2.24) is 5.32 Å². The predicted octanol–water partition coefficient (Wildman–Crippen LogP) is 5.96. The minimum Gasteiger partial charge on any atom is -0.497 e. The van der Waals surface area contributed by atoms with Gasteiger partial charge in [-0.2, -0.15) is 0 Å². The molecule has 0 bridgehead atoms. The smallest absolute Gasteiger partial charge is 0.205 e. The number of nitrogens with one attached hydrogen (secondary N) is 2. The van der Waals surface area contributed by atoms with Gasteiger partial charge < -0.3 is 20.1 Å². The molecule has 2 aromatic carbocycles. The van der Waals surface area contributed by atoms with Crippen LogP contribution in [-0.4, -0.2) is 26.4 Å². The first-order valence-corrected chi connectivity index (χ1v) is 11.3. The topological polar surface area (TPSA) is 59.6 Å². The van der Waals surface area contributed by atoms with E-state index in [1.54, 1.807) is 20.3 Å². The Hall–Kier alpha value is -3.31. The average Bonchev–Trinajstić information content (AvgIpc) is 3.68. The zero-order chi connectivity index (χ0) is 23.8. The largest absolute Gasteiger partial charge is 0.497 e. The van der Waals surface area contributed by atoms with Crippen LogP contribution in [0.2, 0.25) is 0 Å². The van der Waals surface area contributed by atoms with Crippen LogP contribution in [0.4, 0.5) is 5.69 Å². The van der Waals surface area contributed by atoms with Crippen LogP contribution in [0, 0.1) is 12.8 Å². The number of Topliss-reactive ketones (excluding diaryl/α,β-unsaturated/α-hetero) is 1. The molecule has 0 aromatic heterocycles. The summed E-state index contributed by atoms with van der Waals surface area (Å²) in [4.78, 5) is 12.2. The molecule has 174 valence electrons. The van der Waals surface area contributed by atoms with Crippen LogP contribution in [0.5, 0.6) is 5.75 Å². The molecule has 3 rings (SSSR count). The van der Waals surface area contributed by atoms with Crippen molar-refractivity contribution in [3.05, 3.63) is 95.7 Å². The lowest BCUT2D eigenvalue weighted by Gasteiger charge is -2.22. The van der Waals surface area contributed by atoms with Crippen molar-refractivity contribution in [2.24, 2.45) is 5.92 Å². The lowest BCUT2D eigenvalue weighted by molar-refractivity contribution is 0.0967. The molecule has 0 amide bonds. The number of hydrogen-bond donors (Lipinski definition) is 2. The Balaban J connectivity index is 1.64. The van der Waals surface area contributed by atoms with Gasteiger partial charge in [0.15, 0.2) is 5.78 Å². The summed E-state index contributed by atoms with van der Waals surface area (Å²) in [7, 11) is 3.30. The molecule has 0 heterocycles. The predicted molar refractivity (Wildman–Crippen MR) is 135 cm³/mol. The second-order valence-electron chi connectivity index (χ2n) is 8.35. The summed E-state index contributed by atoms with van der Waals surface area (Å²) in [5.41, 5.74) is 4.84. The number of rotatable bonds is 12. The van der Waals surface area contributed by atoms with Crippen LogP contribution in [0.15, 0.2) is 79.0 Å². The van der Waals surface area contributed by atoms with Crippen LogP contribution in [0.3, 0.4) is 0 Å². The summed E-state index contributed by atoms with van der Waals surface area (Å²) < 4.78 is 10.9. The lowest BCUT2D eigenvalue weighted by Crippen LogP contribution is -2.37. The molecule has 0 aliphatic heterocycles. The third kappa shape index (κ3) is 6.83. The number of ketones is 1. The monoisotopic (exact) mass is 446 g/mol. The van der Waals surface area contributed by atoms with Gasteiger partial charge in [0.1, 0.15) is 5.75 Å². The van der Waals surface area contributed by atoms with E-state index in [1.807, 2.05) is 61.5 Å². The molecule has 0 spiro atoms. The summed E-state index contributed by atoms with van der Waals surface area (Å²) in [6.45, 7) is 7.97. The number of aryl methyl sites for hydroxylation is 1. The van der Waals surface area contributed by atoms with E-state index in [0.29, 0.717) is 0 Å². The van der Waals surface area contributed by atoms with Crippen molar-refractivity contribution in [2.45, 2.75) is 39.0 Å². The Labute approximate surface area is 197 Å². The highest BCUT2D eigenvalue weighted by Crippen LogP contribution is 2.33. The van der Waals surface area contributed by atoms with Crippen molar-refractivity contribution in [1.29, 1.82) is 0 Å². The van der Waals surface area contributed by atoms with E-state index in [1.165, 1.54) is 0 Å². The molecule has 5 nitrogen and oxygen atoms in total. The van der Waals surface area contributed by atoms with Gasteiger partial charge in [-0.25, -0.2) is 0 Å². The molecule has 1 fully saturated rings. The maximum atomic E-state index is 12.2. The van der Waals surface area contributed by atoms with Crippen molar-refractivity contribution < 1.29 is 14.3 Å². The number of anilines is 1. The van der Waals surface area contributed by atoms with E-state index >= 15 is 0 Å². The number of ether oxygens (including phenoxy) is 2. The van der Waals surface area contributed by atoms with E-state index in [4.69, 9.17) is 9.47 Å². The Bertz CT molecular complexity index is 1020. The molecule has 2 unspecified atom stereocenters. The molecule has 2 N–H and O–H groups in total. The van der Waals surface area contributed by atoms with Crippen molar-refractivity contribution >= 4 is 11.5 Å². The summed E-state index contributed by atoms with van der Waals surface area (Å²) in [6, 6.07) is 13.8. The maximum Gasteiger partial charge on any atom is 0.205 e. The lowest BCUT2D eigenvalue weighted by atomic mass is 9.97. The Morgan fingerprint density at radius 1 is 1.15 bits per heavy atom. The molecule has 5 heteroatoms.